The molecule has 1 nitrogen and oxygen atoms in total. The molecule has 0 heterocycles. The molecule has 0 aliphatic heterocycles. The van der Waals surface area contributed by atoms with Gasteiger partial charge in [0.25, 0.3) is 0 Å². The zero-order valence-corrected chi connectivity index (χ0v) is 12.2. The van der Waals surface area contributed by atoms with Gasteiger partial charge in [-0.05, 0) is 44.7 Å². The summed E-state index contributed by atoms with van der Waals surface area (Å²) in [4.78, 5) is 2.13. The maximum absolute atomic E-state index is 14.0. The van der Waals surface area contributed by atoms with Crippen LogP contribution in [0.2, 0.25) is 0 Å². The Morgan fingerprint density at radius 3 is 2.42 bits per heavy atom. The van der Waals surface area contributed by atoms with Crippen LogP contribution in [0.1, 0.15) is 24.1 Å². The maximum atomic E-state index is 14.0. The van der Waals surface area contributed by atoms with Gasteiger partial charge in [-0.3, -0.25) is 0 Å². The minimum absolute atomic E-state index is 0.00674. The van der Waals surface area contributed by atoms with E-state index in [4.69, 9.17) is 0 Å². The Labute approximate surface area is 118 Å². The quantitative estimate of drug-likeness (QED) is 0.877. The van der Waals surface area contributed by atoms with Crippen LogP contribution >= 0.6 is 11.8 Å². The molecule has 1 N–H and O–H groups in total. The molecule has 0 saturated carbocycles. The van der Waals surface area contributed by atoms with Crippen LogP contribution in [0.15, 0.2) is 52.3 Å². The second-order valence-electron chi connectivity index (χ2n) is 4.53. The summed E-state index contributed by atoms with van der Waals surface area (Å²) in [6.07, 6.45) is 0. The summed E-state index contributed by atoms with van der Waals surface area (Å²) < 4.78 is 14.0. The van der Waals surface area contributed by atoms with Gasteiger partial charge >= 0.3 is 0 Å². The third-order valence-electron chi connectivity index (χ3n) is 3.19. The SMILES string of the molecule is CNC(C)c1c(F)cccc1Sc1ccccc1C. The van der Waals surface area contributed by atoms with Crippen molar-refractivity contribution in [2.24, 2.45) is 0 Å². The van der Waals surface area contributed by atoms with Gasteiger partial charge in [-0.15, -0.1) is 0 Å². The summed E-state index contributed by atoms with van der Waals surface area (Å²) >= 11 is 1.62. The summed E-state index contributed by atoms with van der Waals surface area (Å²) in [5, 5.41) is 3.11. The second kappa shape index (κ2) is 6.22. The first-order valence-corrected chi connectivity index (χ1v) is 7.14. The molecule has 0 aliphatic carbocycles. The lowest BCUT2D eigenvalue weighted by Crippen LogP contribution is -2.14. The molecule has 2 aromatic rings. The van der Waals surface area contributed by atoms with Gasteiger partial charge in [0.05, 0.1) is 0 Å². The number of nitrogens with one attached hydrogen (secondary N) is 1. The van der Waals surface area contributed by atoms with Crippen LogP contribution in [-0.2, 0) is 0 Å². The number of aryl methyl sites for hydroxylation is 1. The smallest absolute Gasteiger partial charge is 0.129 e. The molecule has 3 heteroatoms. The highest BCUT2D eigenvalue weighted by molar-refractivity contribution is 7.99. The van der Waals surface area contributed by atoms with E-state index in [1.807, 2.05) is 32.2 Å². The molecule has 0 radical (unpaired) electrons. The van der Waals surface area contributed by atoms with Crippen molar-refractivity contribution >= 4 is 11.8 Å². The van der Waals surface area contributed by atoms with Crippen LogP contribution < -0.4 is 5.32 Å². The molecule has 19 heavy (non-hydrogen) atoms. The van der Waals surface area contributed by atoms with E-state index in [-0.39, 0.29) is 11.9 Å². The fraction of sp³-hybridized carbons (Fsp3) is 0.250. The van der Waals surface area contributed by atoms with Crippen molar-refractivity contribution in [1.82, 2.24) is 5.32 Å². The Morgan fingerprint density at radius 1 is 1.05 bits per heavy atom. The lowest BCUT2D eigenvalue weighted by molar-refractivity contribution is 0.552. The molecule has 100 valence electrons. The Kier molecular flexibility index (Phi) is 4.61. The van der Waals surface area contributed by atoms with E-state index >= 15 is 0 Å². The number of rotatable bonds is 4. The fourth-order valence-electron chi connectivity index (χ4n) is 1.96. The first-order chi connectivity index (χ1) is 9.13. The van der Waals surface area contributed by atoms with E-state index < -0.39 is 0 Å². The van der Waals surface area contributed by atoms with E-state index in [0.717, 1.165) is 15.4 Å². The fourth-order valence-corrected chi connectivity index (χ4v) is 3.10. The average molecular weight is 275 g/mol. The third-order valence-corrected chi connectivity index (χ3v) is 4.45. The molecule has 1 atom stereocenters. The van der Waals surface area contributed by atoms with Gasteiger partial charge < -0.3 is 5.32 Å². The minimum atomic E-state index is -0.152. The van der Waals surface area contributed by atoms with Gasteiger partial charge in [-0.2, -0.15) is 0 Å². The Hall–Kier alpha value is -1.32. The predicted molar refractivity (Wildman–Crippen MR) is 79.2 cm³/mol. The number of hydrogen-bond donors (Lipinski definition) is 1. The number of halogens is 1. The number of hydrogen-bond acceptors (Lipinski definition) is 2. The zero-order valence-electron chi connectivity index (χ0n) is 11.4. The van der Waals surface area contributed by atoms with E-state index in [0.29, 0.717) is 0 Å². The van der Waals surface area contributed by atoms with Crippen molar-refractivity contribution < 1.29 is 4.39 Å². The van der Waals surface area contributed by atoms with Crippen LogP contribution in [0.25, 0.3) is 0 Å². The van der Waals surface area contributed by atoms with Crippen LogP contribution in [0.3, 0.4) is 0 Å². The lowest BCUT2D eigenvalue weighted by atomic mass is 10.1. The normalized spacial score (nSPS) is 12.4. The van der Waals surface area contributed by atoms with E-state index in [9.17, 15) is 4.39 Å². The zero-order chi connectivity index (χ0) is 13.8. The van der Waals surface area contributed by atoms with Crippen LogP contribution in [0.4, 0.5) is 4.39 Å². The molecular weight excluding hydrogens is 257 g/mol. The molecule has 2 rings (SSSR count). The molecule has 0 aliphatic rings. The molecule has 2 aromatic carbocycles. The maximum Gasteiger partial charge on any atom is 0.129 e. The first-order valence-electron chi connectivity index (χ1n) is 6.32. The summed E-state index contributed by atoms with van der Waals surface area (Å²) in [6.45, 7) is 4.04. The Bertz CT molecular complexity index is 568. The van der Waals surface area contributed by atoms with Crippen LogP contribution in [0, 0.1) is 12.7 Å². The highest BCUT2D eigenvalue weighted by Crippen LogP contribution is 2.35. The van der Waals surface area contributed by atoms with Crippen molar-refractivity contribution in [3.63, 3.8) is 0 Å². The Balaban J connectivity index is 2.40. The van der Waals surface area contributed by atoms with Crippen molar-refractivity contribution in [2.45, 2.75) is 29.7 Å². The topological polar surface area (TPSA) is 12.0 Å². The summed E-state index contributed by atoms with van der Waals surface area (Å²) in [5.41, 5.74) is 1.94. The molecular formula is C16H18FNS. The summed E-state index contributed by atoms with van der Waals surface area (Å²) in [6, 6.07) is 13.4. The monoisotopic (exact) mass is 275 g/mol. The summed E-state index contributed by atoms with van der Waals surface area (Å²) in [5.74, 6) is -0.152. The molecule has 0 saturated heterocycles. The molecule has 0 amide bonds. The third kappa shape index (κ3) is 3.17. The van der Waals surface area contributed by atoms with Gasteiger partial charge in [0.15, 0.2) is 0 Å². The van der Waals surface area contributed by atoms with E-state index in [1.165, 1.54) is 11.6 Å². The largest absolute Gasteiger partial charge is 0.313 e. The molecule has 0 bridgehead atoms. The van der Waals surface area contributed by atoms with Gasteiger partial charge in [0.2, 0.25) is 0 Å². The highest BCUT2D eigenvalue weighted by Gasteiger charge is 2.15. The minimum Gasteiger partial charge on any atom is -0.313 e. The summed E-state index contributed by atoms with van der Waals surface area (Å²) in [7, 11) is 1.85. The van der Waals surface area contributed by atoms with E-state index in [1.54, 1.807) is 17.8 Å². The first kappa shape index (κ1) is 14.1. The second-order valence-corrected chi connectivity index (χ2v) is 5.61. The predicted octanol–water partition coefficient (Wildman–Crippen LogP) is 4.57. The Morgan fingerprint density at radius 2 is 1.74 bits per heavy atom. The van der Waals surface area contributed by atoms with Crippen molar-refractivity contribution in [1.29, 1.82) is 0 Å². The number of benzene rings is 2. The molecule has 0 spiro atoms. The van der Waals surface area contributed by atoms with Crippen molar-refractivity contribution in [2.75, 3.05) is 7.05 Å². The molecule has 0 aromatic heterocycles. The molecule has 1 unspecified atom stereocenters. The standard InChI is InChI=1S/C16H18FNS/c1-11-7-4-5-9-14(11)19-15-10-6-8-13(17)16(15)12(2)18-3/h4-10,12,18H,1-3H3. The van der Waals surface area contributed by atoms with Gasteiger partial charge in [-0.1, -0.05) is 36.0 Å². The van der Waals surface area contributed by atoms with Gasteiger partial charge in [-0.25, -0.2) is 4.39 Å². The molecule has 0 fully saturated rings. The average Bonchev–Trinajstić information content (AvgIpc) is 2.41. The lowest BCUT2D eigenvalue weighted by Gasteiger charge is -2.17. The van der Waals surface area contributed by atoms with Crippen molar-refractivity contribution in [3.8, 4) is 0 Å². The highest BCUT2D eigenvalue weighted by atomic mass is 32.2. The van der Waals surface area contributed by atoms with Crippen LogP contribution in [0.5, 0.6) is 0 Å². The van der Waals surface area contributed by atoms with Gasteiger partial charge in [0, 0.05) is 21.4 Å². The van der Waals surface area contributed by atoms with E-state index in [2.05, 4.69) is 24.4 Å². The van der Waals surface area contributed by atoms with Gasteiger partial charge in [0.1, 0.15) is 5.82 Å². The van der Waals surface area contributed by atoms with Crippen molar-refractivity contribution in [3.05, 3.63) is 59.4 Å². The van der Waals surface area contributed by atoms with Crippen LogP contribution in [-0.4, -0.2) is 7.05 Å².